The molecule has 0 aromatic carbocycles. The van der Waals surface area contributed by atoms with E-state index in [0.717, 1.165) is 57.1 Å². The summed E-state index contributed by atoms with van der Waals surface area (Å²) in [5.74, 6) is -0.915. The summed E-state index contributed by atoms with van der Waals surface area (Å²) in [5.41, 5.74) is 0. The van der Waals surface area contributed by atoms with Gasteiger partial charge in [-0.15, -0.1) is 0 Å². The van der Waals surface area contributed by atoms with Crippen LogP contribution in [-0.4, -0.2) is 51.1 Å². The Kier molecular flexibility index (Phi) is 25.6. The Hall–Kier alpha value is -3.45. The number of carbonyl (C=O) groups excluding carboxylic acids is 3. The minimum absolute atomic E-state index is 0.0209. The molecule has 0 saturated heterocycles. The molecule has 0 aliphatic carbocycles. The first-order chi connectivity index (χ1) is 18.6. The Morgan fingerprint density at radius 1 is 0.605 bits per heavy atom. The van der Waals surface area contributed by atoms with E-state index in [4.69, 9.17) is 0 Å². The summed E-state index contributed by atoms with van der Waals surface area (Å²) in [6.07, 6.45) is 35.2. The number of rotatable bonds is 22. The standard InChI is InChI=1S/C31H47N3O4/c1-3-4-5-6-7-8-9-10-11-12-13-14-15-16-17-18-19-20-21-22-29(35)33-27-25-32-26-28-34-30(36)23-24-31(37)38-2/h4-5,7-8,10-11,13-14,16-17,19-20,23-24,32H,3,6,9,12,15,18,21-22,25-28H2,1-2H3,(H,33,35)(H,34,36)/b5-4?,8-7?,11-10?,14-13?,17-16?,20-19?,24-23+. The molecule has 38 heavy (non-hydrogen) atoms. The van der Waals surface area contributed by atoms with Crippen LogP contribution in [0.4, 0.5) is 0 Å². The van der Waals surface area contributed by atoms with Crippen molar-refractivity contribution in [2.75, 3.05) is 33.3 Å². The number of amides is 2. The van der Waals surface area contributed by atoms with Crippen LogP contribution in [0.15, 0.2) is 85.1 Å². The first-order valence-electron chi connectivity index (χ1n) is 13.5. The summed E-state index contributed by atoms with van der Waals surface area (Å²) in [6.45, 7) is 4.26. The van der Waals surface area contributed by atoms with Crippen molar-refractivity contribution in [3.05, 3.63) is 85.1 Å². The van der Waals surface area contributed by atoms with Gasteiger partial charge in [0, 0.05) is 44.8 Å². The Labute approximate surface area is 229 Å². The number of esters is 1. The molecule has 0 aromatic heterocycles. The molecule has 7 nitrogen and oxygen atoms in total. The quantitative estimate of drug-likeness (QED) is 0.0799. The van der Waals surface area contributed by atoms with Gasteiger partial charge in [0.2, 0.25) is 11.8 Å². The van der Waals surface area contributed by atoms with Crippen LogP contribution in [0.3, 0.4) is 0 Å². The Morgan fingerprint density at radius 3 is 1.58 bits per heavy atom. The van der Waals surface area contributed by atoms with Gasteiger partial charge in [-0.05, 0) is 44.9 Å². The number of hydrogen-bond acceptors (Lipinski definition) is 5. The fraction of sp³-hybridized carbons (Fsp3) is 0.452. The zero-order valence-corrected chi connectivity index (χ0v) is 23.2. The van der Waals surface area contributed by atoms with Gasteiger partial charge in [0.05, 0.1) is 7.11 Å². The summed E-state index contributed by atoms with van der Waals surface area (Å²) >= 11 is 0. The second kappa shape index (κ2) is 28.1. The van der Waals surface area contributed by atoms with E-state index in [1.54, 1.807) is 0 Å². The highest BCUT2D eigenvalue weighted by molar-refractivity contribution is 5.94. The molecule has 0 radical (unpaired) electrons. The molecule has 0 bridgehead atoms. The van der Waals surface area contributed by atoms with Gasteiger partial charge in [-0.3, -0.25) is 9.59 Å². The number of hydrogen-bond donors (Lipinski definition) is 3. The summed E-state index contributed by atoms with van der Waals surface area (Å²) in [5, 5.41) is 8.62. The zero-order valence-electron chi connectivity index (χ0n) is 23.2. The fourth-order valence-corrected chi connectivity index (χ4v) is 2.90. The van der Waals surface area contributed by atoms with E-state index in [1.807, 2.05) is 6.08 Å². The van der Waals surface area contributed by atoms with Gasteiger partial charge in [0.15, 0.2) is 0 Å². The maximum absolute atomic E-state index is 11.8. The lowest BCUT2D eigenvalue weighted by atomic mass is 10.2. The maximum atomic E-state index is 11.8. The maximum Gasteiger partial charge on any atom is 0.330 e. The van der Waals surface area contributed by atoms with Crippen molar-refractivity contribution >= 4 is 17.8 Å². The molecule has 0 atom stereocenters. The van der Waals surface area contributed by atoms with Gasteiger partial charge < -0.3 is 20.7 Å². The monoisotopic (exact) mass is 525 g/mol. The van der Waals surface area contributed by atoms with E-state index in [1.165, 1.54) is 7.11 Å². The van der Waals surface area contributed by atoms with Crippen molar-refractivity contribution < 1.29 is 19.1 Å². The molecule has 7 heteroatoms. The van der Waals surface area contributed by atoms with E-state index < -0.39 is 5.97 Å². The van der Waals surface area contributed by atoms with Crippen LogP contribution >= 0.6 is 0 Å². The average molecular weight is 526 g/mol. The number of carbonyl (C=O) groups is 3. The Bertz CT molecular complexity index is 836. The molecule has 2 amide bonds. The van der Waals surface area contributed by atoms with Crippen molar-refractivity contribution in [2.45, 2.75) is 58.3 Å². The van der Waals surface area contributed by atoms with Crippen LogP contribution in [0.25, 0.3) is 0 Å². The topological polar surface area (TPSA) is 96.5 Å². The van der Waals surface area contributed by atoms with Crippen molar-refractivity contribution in [3.8, 4) is 0 Å². The van der Waals surface area contributed by atoms with Gasteiger partial charge in [0.1, 0.15) is 0 Å². The number of allylic oxidation sites excluding steroid dienone is 12. The van der Waals surface area contributed by atoms with E-state index in [-0.39, 0.29) is 11.8 Å². The van der Waals surface area contributed by atoms with Crippen LogP contribution in [0.2, 0.25) is 0 Å². The molecule has 0 heterocycles. The van der Waals surface area contributed by atoms with Crippen molar-refractivity contribution in [1.82, 2.24) is 16.0 Å². The first-order valence-corrected chi connectivity index (χ1v) is 13.5. The zero-order chi connectivity index (χ0) is 27.9. The molecular weight excluding hydrogens is 478 g/mol. The Morgan fingerprint density at radius 2 is 1.08 bits per heavy atom. The number of methoxy groups -OCH3 is 1. The van der Waals surface area contributed by atoms with Crippen LogP contribution in [0, 0.1) is 0 Å². The molecule has 3 N–H and O–H groups in total. The van der Waals surface area contributed by atoms with Crippen LogP contribution < -0.4 is 16.0 Å². The fourth-order valence-electron chi connectivity index (χ4n) is 2.90. The Balaban J connectivity index is 3.59. The van der Waals surface area contributed by atoms with Gasteiger partial charge in [-0.2, -0.15) is 0 Å². The molecule has 0 aliphatic heterocycles. The van der Waals surface area contributed by atoms with Gasteiger partial charge in [0.25, 0.3) is 0 Å². The third-order valence-electron chi connectivity index (χ3n) is 4.93. The van der Waals surface area contributed by atoms with E-state index in [9.17, 15) is 14.4 Å². The average Bonchev–Trinajstić information content (AvgIpc) is 2.92. The van der Waals surface area contributed by atoms with E-state index in [2.05, 4.69) is 94.4 Å². The predicted octanol–water partition coefficient (Wildman–Crippen LogP) is 5.02. The highest BCUT2D eigenvalue weighted by atomic mass is 16.5. The predicted molar refractivity (Wildman–Crippen MR) is 157 cm³/mol. The lowest BCUT2D eigenvalue weighted by molar-refractivity contribution is -0.135. The molecule has 0 saturated carbocycles. The largest absolute Gasteiger partial charge is 0.466 e. The molecular formula is C31H47N3O4. The van der Waals surface area contributed by atoms with Gasteiger partial charge in [-0.25, -0.2) is 4.79 Å². The summed E-state index contributed by atoms with van der Waals surface area (Å²) < 4.78 is 4.41. The molecule has 0 spiro atoms. The first kappa shape index (κ1) is 34.6. The minimum Gasteiger partial charge on any atom is -0.466 e. The normalized spacial score (nSPS) is 12.4. The van der Waals surface area contributed by atoms with Crippen molar-refractivity contribution in [1.29, 1.82) is 0 Å². The van der Waals surface area contributed by atoms with Crippen molar-refractivity contribution in [3.63, 3.8) is 0 Å². The van der Waals surface area contributed by atoms with E-state index in [0.29, 0.717) is 32.6 Å². The third kappa shape index (κ3) is 27.1. The van der Waals surface area contributed by atoms with Crippen LogP contribution in [0.1, 0.15) is 58.3 Å². The SMILES string of the molecule is CCC=CCC=CCC=CCC=CCC=CCC=CCCC(=O)NCCNCCNC(=O)/C=C/C(=O)OC. The highest BCUT2D eigenvalue weighted by Gasteiger charge is 1.99. The molecule has 0 unspecified atom stereocenters. The summed E-state index contributed by atoms with van der Waals surface area (Å²) in [6, 6.07) is 0. The smallest absolute Gasteiger partial charge is 0.330 e. The van der Waals surface area contributed by atoms with Gasteiger partial charge >= 0.3 is 5.97 Å². The molecule has 210 valence electrons. The lowest BCUT2D eigenvalue weighted by Gasteiger charge is -2.06. The number of nitrogens with one attached hydrogen (secondary N) is 3. The number of ether oxygens (including phenoxy) is 1. The van der Waals surface area contributed by atoms with Crippen molar-refractivity contribution in [2.24, 2.45) is 0 Å². The second-order valence-electron chi connectivity index (χ2n) is 8.20. The van der Waals surface area contributed by atoms with Crippen LogP contribution in [0.5, 0.6) is 0 Å². The molecule has 0 fully saturated rings. The van der Waals surface area contributed by atoms with Gasteiger partial charge in [-0.1, -0.05) is 79.8 Å². The van der Waals surface area contributed by atoms with Crippen LogP contribution in [-0.2, 0) is 19.1 Å². The molecule has 0 rings (SSSR count). The van der Waals surface area contributed by atoms with E-state index >= 15 is 0 Å². The molecule has 0 aromatic rings. The third-order valence-corrected chi connectivity index (χ3v) is 4.93. The molecule has 0 aliphatic rings. The summed E-state index contributed by atoms with van der Waals surface area (Å²) in [7, 11) is 1.25. The summed E-state index contributed by atoms with van der Waals surface area (Å²) in [4.78, 5) is 34.2. The highest BCUT2D eigenvalue weighted by Crippen LogP contribution is 1.97. The minimum atomic E-state index is -0.574. The second-order valence-corrected chi connectivity index (χ2v) is 8.20. The lowest BCUT2D eigenvalue weighted by Crippen LogP contribution is -2.36.